The van der Waals surface area contributed by atoms with Gasteiger partial charge in [-0.05, 0) is 20.8 Å². The van der Waals surface area contributed by atoms with E-state index in [1.807, 2.05) is 13.8 Å². The molecule has 1 aromatic heterocycles. The first-order valence-electron chi connectivity index (χ1n) is 4.92. The van der Waals surface area contributed by atoms with Gasteiger partial charge in [-0.3, -0.25) is 14.6 Å². The maximum atomic E-state index is 11.8. The van der Waals surface area contributed by atoms with Crippen molar-refractivity contribution < 1.29 is 9.63 Å². The van der Waals surface area contributed by atoms with E-state index in [0.717, 1.165) is 0 Å². The van der Waals surface area contributed by atoms with E-state index in [-0.39, 0.29) is 5.91 Å². The van der Waals surface area contributed by atoms with E-state index in [1.54, 1.807) is 13.1 Å². The fraction of sp³-hybridized carbons (Fsp3) is 0.500. The van der Waals surface area contributed by atoms with Crippen molar-refractivity contribution in [3.63, 3.8) is 0 Å². The Balaban J connectivity index is 2.82. The molecule has 0 unspecified atom stereocenters. The lowest BCUT2D eigenvalue weighted by molar-refractivity contribution is -0.115. The molecule has 0 bridgehead atoms. The highest BCUT2D eigenvalue weighted by Crippen LogP contribution is 2.02. The van der Waals surface area contributed by atoms with Crippen LogP contribution >= 0.6 is 0 Å². The summed E-state index contributed by atoms with van der Waals surface area (Å²) in [5.41, 5.74) is 1.03. The molecule has 0 spiro atoms. The molecule has 0 aliphatic carbocycles. The molecule has 0 fully saturated rings. The fourth-order valence-corrected chi connectivity index (χ4v) is 1.14. The lowest BCUT2D eigenvalue weighted by Gasteiger charge is -2.18. The van der Waals surface area contributed by atoms with Crippen LogP contribution in [-0.2, 0) is 4.84 Å². The third kappa shape index (κ3) is 2.99. The number of aryl methyl sites for hydroxylation is 1. The zero-order valence-corrected chi connectivity index (χ0v) is 9.23. The number of rotatable bonds is 4. The number of carbonyl (C=O) groups excluding carboxylic acids is 1. The van der Waals surface area contributed by atoms with Crippen LogP contribution in [0, 0.1) is 6.92 Å². The summed E-state index contributed by atoms with van der Waals surface area (Å²) in [6, 6.07) is 0. The van der Waals surface area contributed by atoms with Crippen molar-refractivity contribution in [2.75, 3.05) is 13.2 Å². The molecule has 15 heavy (non-hydrogen) atoms. The van der Waals surface area contributed by atoms with Gasteiger partial charge >= 0.3 is 0 Å². The lowest BCUT2D eigenvalue weighted by Crippen LogP contribution is -2.31. The van der Waals surface area contributed by atoms with Gasteiger partial charge in [0, 0.05) is 12.7 Å². The van der Waals surface area contributed by atoms with E-state index in [2.05, 4.69) is 9.97 Å². The van der Waals surface area contributed by atoms with Crippen LogP contribution in [0.25, 0.3) is 0 Å². The largest absolute Gasteiger partial charge is 0.297 e. The van der Waals surface area contributed by atoms with Crippen molar-refractivity contribution in [3.05, 3.63) is 23.8 Å². The van der Waals surface area contributed by atoms with Crippen LogP contribution in [0.1, 0.15) is 30.0 Å². The molecule has 0 saturated heterocycles. The van der Waals surface area contributed by atoms with Crippen molar-refractivity contribution in [3.8, 4) is 0 Å². The van der Waals surface area contributed by atoms with Crippen LogP contribution in [0.2, 0.25) is 0 Å². The minimum atomic E-state index is -0.254. The lowest BCUT2D eigenvalue weighted by atomic mass is 10.4. The molecule has 0 radical (unpaired) electrons. The smallest absolute Gasteiger partial charge is 0.271 e. The van der Waals surface area contributed by atoms with E-state index < -0.39 is 0 Å². The minimum absolute atomic E-state index is 0.254. The van der Waals surface area contributed by atoms with Crippen LogP contribution in [0.4, 0.5) is 0 Å². The van der Waals surface area contributed by atoms with Crippen LogP contribution < -0.4 is 0 Å². The Kier molecular flexibility index (Phi) is 4.17. The normalized spacial score (nSPS) is 10.1. The summed E-state index contributed by atoms with van der Waals surface area (Å²) in [6.07, 6.45) is 3.05. The molecule has 1 aromatic rings. The van der Waals surface area contributed by atoms with Gasteiger partial charge in [0.05, 0.1) is 18.5 Å². The highest BCUT2D eigenvalue weighted by Gasteiger charge is 2.16. The number of nitrogens with zero attached hydrogens (tertiary/aromatic N) is 3. The number of carbonyl (C=O) groups is 1. The zero-order valence-electron chi connectivity index (χ0n) is 9.23. The van der Waals surface area contributed by atoms with E-state index in [9.17, 15) is 4.79 Å². The van der Waals surface area contributed by atoms with E-state index in [0.29, 0.717) is 24.5 Å². The second kappa shape index (κ2) is 5.41. The summed E-state index contributed by atoms with van der Waals surface area (Å²) >= 11 is 0. The number of hydrogen-bond acceptors (Lipinski definition) is 4. The monoisotopic (exact) mass is 209 g/mol. The Morgan fingerprint density at radius 3 is 2.73 bits per heavy atom. The Morgan fingerprint density at radius 1 is 1.47 bits per heavy atom. The molecular formula is C10H15N3O2. The molecule has 0 aromatic carbocycles. The second-order valence-corrected chi connectivity index (χ2v) is 2.96. The third-order valence-corrected chi connectivity index (χ3v) is 1.77. The molecular weight excluding hydrogens is 194 g/mol. The summed E-state index contributed by atoms with van der Waals surface area (Å²) < 4.78 is 0. The zero-order chi connectivity index (χ0) is 11.3. The van der Waals surface area contributed by atoms with Crippen molar-refractivity contribution in [1.29, 1.82) is 0 Å². The first-order valence-corrected chi connectivity index (χ1v) is 4.92. The van der Waals surface area contributed by atoms with Crippen molar-refractivity contribution in [2.45, 2.75) is 20.8 Å². The Morgan fingerprint density at radius 2 is 2.20 bits per heavy atom. The molecule has 0 aliphatic heterocycles. The number of aromatic nitrogens is 2. The molecule has 1 heterocycles. The van der Waals surface area contributed by atoms with Gasteiger partial charge in [0.25, 0.3) is 5.91 Å². The quantitative estimate of drug-likeness (QED) is 0.699. The highest BCUT2D eigenvalue weighted by atomic mass is 16.7. The summed E-state index contributed by atoms with van der Waals surface area (Å²) in [7, 11) is 0. The van der Waals surface area contributed by atoms with Crippen molar-refractivity contribution >= 4 is 5.91 Å². The van der Waals surface area contributed by atoms with Crippen LogP contribution in [0.3, 0.4) is 0 Å². The Hall–Kier alpha value is -1.49. The molecule has 5 heteroatoms. The van der Waals surface area contributed by atoms with E-state index >= 15 is 0 Å². The molecule has 82 valence electrons. The van der Waals surface area contributed by atoms with E-state index in [4.69, 9.17) is 4.84 Å². The minimum Gasteiger partial charge on any atom is -0.271 e. The molecule has 0 atom stereocenters. The predicted molar refractivity (Wildman–Crippen MR) is 55.1 cm³/mol. The molecule has 0 aliphatic rings. The van der Waals surface area contributed by atoms with Gasteiger partial charge in [-0.15, -0.1) is 0 Å². The molecule has 0 saturated carbocycles. The second-order valence-electron chi connectivity index (χ2n) is 2.96. The summed E-state index contributed by atoms with van der Waals surface area (Å²) in [5, 5.41) is 1.28. The van der Waals surface area contributed by atoms with E-state index in [1.165, 1.54) is 11.3 Å². The predicted octanol–water partition coefficient (Wildman–Crippen LogP) is 1.20. The van der Waals surface area contributed by atoms with Gasteiger partial charge < -0.3 is 0 Å². The molecule has 0 N–H and O–H groups in total. The van der Waals surface area contributed by atoms with Gasteiger partial charge in [-0.1, -0.05) is 0 Å². The van der Waals surface area contributed by atoms with Gasteiger partial charge in [0.2, 0.25) is 0 Å². The van der Waals surface area contributed by atoms with Gasteiger partial charge in [-0.2, -0.15) is 0 Å². The fourth-order valence-electron chi connectivity index (χ4n) is 1.14. The first-order chi connectivity index (χ1) is 7.19. The summed E-state index contributed by atoms with van der Waals surface area (Å²) in [6.45, 7) is 6.41. The Labute approximate surface area is 89.0 Å². The number of hydroxylamine groups is 2. The van der Waals surface area contributed by atoms with Gasteiger partial charge in [0.1, 0.15) is 5.69 Å². The van der Waals surface area contributed by atoms with Crippen LogP contribution in [-0.4, -0.2) is 34.1 Å². The first kappa shape index (κ1) is 11.6. The average molecular weight is 209 g/mol. The molecule has 5 nitrogen and oxygen atoms in total. The maximum Gasteiger partial charge on any atom is 0.297 e. The molecule has 1 rings (SSSR count). The topological polar surface area (TPSA) is 55.3 Å². The number of amides is 1. The van der Waals surface area contributed by atoms with Crippen molar-refractivity contribution in [2.24, 2.45) is 0 Å². The summed E-state index contributed by atoms with van der Waals surface area (Å²) in [4.78, 5) is 25.0. The SMILES string of the molecule is CCON(CC)C(=O)c1cncc(C)n1. The third-order valence-electron chi connectivity index (χ3n) is 1.77. The maximum absolute atomic E-state index is 11.8. The Bertz CT molecular complexity index is 341. The van der Waals surface area contributed by atoms with Gasteiger partial charge in [-0.25, -0.2) is 10.0 Å². The van der Waals surface area contributed by atoms with Crippen molar-refractivity contribution in [1.82, 2.24) is 15.0 Å². The number of hydrogen-bond donors (Lipinski definition) is 0. The standard InChI is InChI=1S/C10H15N3O2/c1-4-13(15-5-2)10(14)9-7-11-6-8(3)12-9/h6-7H,4-5H2,1-3H3. The van der Waals surface area contributed by atoms with Gasteiger partial charge in [0.15, 0.2) is 0 Å². The highest BCUT2D eigenvalue weighted by molar-refractivity contribution is 5.91. The summed E-state index contributed by atoms with van der Waals surface area (Å²) in [5.74, 6) is -0.254. The average Bonchev–Trinajstić information content (AvgIpc) is 2.25. The molecule has 1 amide bonds. The van der Waals surface area contributed by atoms with Crippen LogP contribution in [0.5, 0.6) is 0 Å². The van der Waals surface area contributed by atoms with Crippen LogP contribution in [0.15, 0.2) is 12.4 Å².